The first kappa shape index (κ1) is 20.5. The van der Waals surface area contributed by atoms with E-state index in [0.717, 1.165) is 24.2 Å². The molecule has 0 unspecified atom stereocenters. The minimum Gasteiger partial charge on any atom is -0.481 e. The number of carboxylic acids is 1. The van der Waals surface area contributed by atoms with E-state index in [2.05, 4.69) is 13.8 Å². The van der Waals surface area contributed by atoms with Gasteiger partial charge in [-0.3, -0.25) is 4.79 Å². The van der Waals surface area contributed by atoms with E-state index in [1.165, 1.54) is 83.5 Å². The third-order valence-corrected chi connectivity index (χ3v) is 5.40. The monoisotopic (exact) mass is 324 g/mol. The van der Waals surface area contributed by atoms with Crippen LogP contribution in [0.15, 0.2) is 0 Å². The van der Waals surface area contributed by atoms with Crippen LogP contribution in [0.1, 0.15) is 110 Å². The van der Waals surface area contributed by atoms with Gasteiger partial charge in [0, 0.05) is 6.42 Å². The van der Waals surface area contributed by atoms with Crippen molar-refractivity contribution in [2.75, 3.05) is 0 Å². The highest BCUT2D eigenvalue weighted by atomic mass is 16.4. The number of hydrogen-bond donors (Lipinski definition) is 1. The molecule has 0 heterocycles. The van der Waals surface area contributed by atoms with Gasteiger partial charge in [0.05, 0.1) is 0 Å². The Balaban J connectivity index is 1.72. The number of aliphatic carboxylic acids is 1. The van der Waals surface area contributed by atoms with Crippen molar-refractivity contribution in [3.05, 3.63) is 0 Å². The summed E-state index contributed by atoms with van der Waals surface area (Å²) in [5.74, 6) is 1.84. The van der Waals surface area contributed by atoms with Crippen LogP contribution in [0.5, 0.6) is 0 Å². The molecule has 136 valence electrons. The van der Waals surface area contributed by atoms with Gasteiger partial charge in [-0.05, 0) is 30.6 Å². The normalized spacial score (nSPS) is 20.1. The highest BCUT2D eigenvalue weighted by Gasteiger charge is 2.35. The van der Waals surface area contributed by atoms with Crippen molar-refractivity contribution in [3.8, 4) is 0 Å². The van der Waals surface area contributed by atoms with Gasteiger partial charge in [-0.2, -0.15) is 0 Å². The van der Waals surface area contributed by atoms with E-state index in [1.807, 2.05) is 0 Å². The maximum absolute atomic E-state index is 10.5. The van der Waals surface area contributed by atoms with Crippen LogP contribution in [0.2, 0.25) is 0 Å². The zero-order valence-electron chi connectivity index (χ0n) is 15.7. The molecule has 0 spiro atoms. The van der Waals surface area contributed by atoms with Gasteiger partial charge in [0.25, 0.3) is 0 Å². The van der Waals surface area contributed by atoms with Crippen molar-refractivity contribution in [3.63, 3.8) is 0 Å². The minimum absolute atomic E-state index is 0.374. The molecule has 0 radical (unpaired) electrons. The van der Waals surface area contributed by atoms with Crippen molar-refractivity contribution >= 4 is 5.97 Å². The fraction of sp³-hybridized carbons (Fsp3) is 0.952. The lowest BCUT2D eigenvalue weighted by Crippen LogP contribution is -1.95. The second kappa shape index (κ2) is 12.8. The zero-order chi connectivity index (χ0) is 16.9. The molecule has 1 aliphatic carbocycles. The van der Waals surface area contributed by atoms with E-state index < -0.39 is 5.97 Å². The molecule has 1 N–H and O–H groups in total. The largest absolute Gasteiger partial charge is 0.481 e. The second-order valence-electron chi connectivity index (χ2n) is 8.20. The number of rotatable bonds is 16. The standard InChI is InChI=1S/C21H40O2/c1-18(2)13-11-9-7-5-3-4-6-8-10-12-14-19-17-20(19)15-16-21(22)23/h18-20H,3-17H2,1-2H3,(H,22,23)/t19-,20-/m0/s1. The molecule has 1 fully saturated rings. The van der Waals surface area contributed by atoms with E-state index in [0.29, 0.717) is 6.42 Å². The molecule has 0 bridgehead atoms. The Morgan fingerprint density at radius 3 is 1.83 bits per heavy atom. The quantitative estimate of drug-likeness (QED) is 0.316. The fourth-order valence-corrected chi connectivity index (χ4v) is 3.70. The molecule has 0 aromatic carbocycles. The van der Waals surface area contributed by atoms with Crippen LogP contribution in [-0.4, -0.2) is 11.1 Å². The summed E-state index contributed by atoms with van der Waals surface area (Å²) in [5, 5.41) is 8.68. The summed E-state index contributed by atoms with van der Waals surface area (Å²) in [7, 11) is 0. The third-order valence-electron chi connectivity index (χ3n) is 5.40. The van der Waals surface area contributed by atoms with Crippen molar-refractivity contribution in [1.82, 2.24) is 0 Å². The SMILES string of the molecule is CC(C)CCCCCCCCCCCC[C@H]1C[C@@H]1CCC(=O)O. The molecule has 1 aliphatic rings. The second-order valence-corrected chi connectivity index (χ2v) is 8.20. The van der Waals surface area contributed by atoms with Gasteiger partial charge >= 0.3 is 5.97 Å². The molecular formula is C21H40O2. The lowest BCUT2D eigenvalue weighted by Gasteiger charge is -2.05. The predicted octanol–water partition coefficient (Wildman–Crippen LogP) is 6.82. The topological polar surface area (TPSA) is 37.3 Å². The molecule has 0 saturated heterocycles. The maximum atomic E-state index is 10.5. The summed E-state index contributed by atoms with van der Waals surface area (Å²) in [4.78, 5) is 10.5. The molecule has 23 heavy (non-hydrogen) atoms. The average molecular weight is 325 g/mol. The molecule has 0 amide bonds. The lowest BCUT2D eigenvalue weighted by atomic mass is 10.0. The summed E-state index contributed by atoms with van der Waals surface area (Å²) in [6, 6.07) is 0. The fourth-order valence-electron chi connectivity index (χ4n) is 3.70. The first-order valence-electron chi connectivity index (χ1n) is 10.3. The summed E-state index contributed by atoms with van der Waals surface area (Å²) >= 11 is 0. The lowest BCUT2D eigenvalue weighted by molar-refractivity contribution is -0.137. The minimum atomic E-state index is -0.629. The first-order valence-corrected chi connectivity index (χ1v) is 10.3. The summed E-state index contributed by atoms with van der Waals surface area (Å²) in [5.41, 5.74) is 0. The molecule has 2 nitrogen and oxygen atoms in total. The van der Waals surface area contributed by atoms with Gasteiger partial charge in [0.2, 0.25) is 0 Å². The molecule has 1 rings (SSSR count). The molecule has 0 aliphatic heterocycles. The predicted molar refractivity (Wildman–Crippen MR) is 98.7 cm³/mol. The van der Waals surface area contributed by atoms with E-state index in [9.17, 15) is 4.79 Å². The Hall–Kier alpha value is -0.530. The van der Waals surface area contributed by atoms with E-state index in [-0.39, 0.29) is 0 Å². The van der Waals surface area contributed by atoms with Gasteiger partial charge in [-0.1, -0.05) is 90.9 Å². The van der Waals surface area contributed by atoms with Crippen molar-refractivity contribution in [2.24, 2.45) is 17.8 Å². The summed E-state index contributed by atoms with van der Waals surface area (Å²) in [6.45, 7) is 4.64. The molecule has 2 atom stereocenters. The van der Waals surface area contributed by atoms with Gasteiger partial charge in [-0.25, -0.2) is 0 Å². The molecule has 0 aromatic rings. The number of hydrogen-bond acceptors (Lipinski definition) is 1. The van der Waals surface area contributed by atoms with Gasteiger partial charge in [0.1, 0.15) is 0 Å². The first-order chi connectivity index (χ1) is 11.1. The average Bonchev–Trinajstić information content (AvgIpc) is 3.24. The van der Waals surface area contributed by atoms with Crippen LogP contribution in [0.3, 0.4) is 0 Å². The molecule has 1 saturated carbocycles. The van der Waals surface area contributed by atoms with E-state index >= 15 is 0 Å². The van der Waals surface area contributed by atoms with Crippen LogP contribution in [0.25, 0.3) is 0 Å². The number of carbonyl (C=O) groups is 1. The Morgan fingerprint density at radius 2 is 1.30 bits per heavy atom. The summed E-state index contributed by atoms with van der Waals surface area (Å²) < 4.78 is 0. The molecule has 2 heteroatoms. The van der Waals surface area contributed by atoms with Crippen LogP contribution < -0.4 is 0 Å². The van der Waals surface area contributed by atoms with Crippen LogP contribution in [0.4, 0.5) is 0 Å². The highest BCUT2D eigenvalue weighted by Crippen LogP contribution is 2.45. The van der Waals surface area contributed by atoms with E-state index in [1.54, 1.807) is 0 Å². The van der Waals surface area contributed by atoms with Crippen LogP contribution >= 0.6 is 0 Å². The Kier molecular flexibility index (Phi) is 11.5. The van der Waals surface area contributed by atoms with Crippen LogP contribution in [-0.2, 0) is 4.79 Å². The van der Waals surface area contributed by atoms with Gasteiger partial charge in [0.15, 0.2) is 0 Å². The van der Waals surface area contributed by atoms with E-state index in [4.69, 9.17) is 5.11 Å². The van der Waals surface area contributed by atoms with Crippen molar-refractivity contribution < 1.29 is 9.90 Å². The van der Waals surface area contributed by atoms with Gasteiger partial charge < -0.3 is 5.11 Å². The van der Waals surface area contributed by atoms with Crippen molar-refractivity contribution in [1.29, 1.82) is 0 Å². The zero-order valence-corrected chi connectivity index (χ0v) is 15.7. The van der Waals surface area contributed by atoms with Crippen molar-refractivity contribution in [2.45, 2.75) is 110 Å². The number of carboxylic acid groups (broad SMARTS) is 1. The Bertz CT molecular complexity index is 298. The number of unbranched alkanes of at least 4 members (excludes halogenated alkanes) is 9. The summed E-state index contributed by atoms with van der Waals surface area (Å²) in [6.07, 6.45) is 19.5. The smallest absolute Gasteiger partial charge is 0.303 e. The maximum Gasteiger partial charge on any atom is 0.303 e. The third kappa shape index (κ3) is 12.5. The molecular weight excluding hydrogens is 284 g/mol. The van der Waals surface area contributed by atoms with Crippen LogP contribution in [0, 0.1) is 17.8 Å². The highest BCUT2D eigenvalue weighted by molar-refractivity contribution is 5.66. The Morgan fingerprint density at radius 1 is 0.826 bits per heavy atom. The molecule has 0 aromatic heterocycles. The van der Waals surface area contributed by atoms with Gasteiger partial charge in [-0.15, -0.1) is 0 Å². The Labute approximate surface area is 144 Å².